The molecule has 52 heavy (non-hydrogen) atoms. The van der Waals surface area contributed by atoms with Gasteiger partial charge in [-0.05, 0) is 113 Å². The average Bonchev–Trinajstić information content (AvgIpc) is 3.55. The summed E-state index contributed by atoms with van der Waals surface area (Å²) in [5, 5.41) is 15.8. The van der Waals surface area contributed by atoms with Gasteiger partial charge in [-0.2, -0.15) is 5.26 Å². The number of nitriles is 1. The molecular formula is C49H37N3. The van der Waals surface area contributed by atoms with Crippen LogP contribution >= 0.6 is 0 Å². The summed E-state index contributed by atoms with van der Waals surface area (Å²) >= 11 is 0. The van der Waals surface area contributed by atoms with Gasteiger partial charge < -0.3 is 9.88 Å². The lowest BCUT2D eigenvalue weighted by atomic mass is 9.91. The molecule has 1 unspecified atom stereocenters. The smallest absolute Gasteiger partial charge is 0.0700 e. The molecule has 3 heteroatoms. The molecule has 0 saturated heterocycles. The second kappa shape index (κ2) is 13.6. The Labute approximate surface area is 304 Å². The Morgan fingerprint density at radius 3 is 2.19 bits per heavy atom. The number of rotatable bonds is 7. The van der Waals surface area contributed by atoms with Crippen LogP contribution in [-0.2, 0) is 0 Å². The fourth-order valence-corrected chi connectivity index (χ4v) is 7.63. The molecule has 0 amide bonds. The number of fused-ring (bicyclic) bond motifs is 3. The van der Waals surface area contributed by atoms with Crippen LogP contribution in [0.15, 0.2) is 176 Å². The Balaban J connectivity index is 1.13. The third kappa shape index (κ3) is 5.95. The molecule has 7 aromatic rings. The van der Waals surface area contributed by atoms with Gasteiger partial charge >= 0.3 is 0 Å². The summed E-state index contributed by atoms with van der Waals surface area (Å²) in [7, 11) is 0. The van der Waals surface area contributed by atoms with Crippen LogP contribution in [0.25, 0.3) is 60.9 Å². The van der Waals surface area contributed by atoms with E-state index in [4.69, 9.17) is 0 Å². The molecule has 0 aliphatic heterocycles. The van der Waals surface area contributed by atoms with Crippen LogP contribution in [0.5, 0.6) is 0 Å². The average molecular weight is 668 g/mol. The fourth-order valence-electron chi connectivity index (χ4n) is 7.63. The van der Waals surface area contributed by atoms with E-state index in [9.17, 15) is 5.26 Å². The highest BCUT2D eigenvalue weighted by Crippen LogP contribution is 2.39. The van der Waals surface area contributed by atoms with Crippen LogP contribution in [0.2, 0.25) is 0 Å². The van der Waals surface area contributed by atoms with Crippen molar-refractivity contribution in [3.05, 3.63) is 187 Å². The van der Waals surface area contributed by atoms with Gasteiger partial charge in [0, 0.05) is 33.4 Å². The van der Waals surface area contributed by atoms with E-state index < -0.39 is 0 Å². The first kappa shape index (κ1) is 31.4. The van der Waals surface area contributed by atoms with Crippen molar-refractivity contribution in [1.29, 1.82) is 5.26 Å². The van der Waals surface area contributed by atoms with E-state index >= 15 is 0 Å². The Bertz CT molecular complexity index is 2640. The number of nitrogens with one attached hydrogen (secondary N) is 1. The summed E-state index contributed by atoms with van der Waals surface area (Å²) in [5.41, 5.74) is 15.0. The van der Waals surface area contributed by atoms with Gasteiger partial charge in [-0.25, -0.2) is 0 Å². The first-order valence-electron chi connectivity index (χ1n) is 18.1. The van der Waals surface area contributed by atoms with Crippen molar-refractivity contribution in [2.75, 3.05) is 5.32 Å². The van der Waals surface area contributed by atoms with Crippen molar-refractivity contribution >= 4 is 44.3 Å². The third-order valence-corrected chi connectivity index (χ3v) is 10.3. The lowest BCUT2D eigenvalue weighted by molar-refractivity contribution is 0.840. The van der Waals surface area contributed by atoms with Gasteiger partial charge in [0.25, 0.3) is 0 Å². The van der Waals surface area contributed by atoms with Crippen LogP contribution in [0, 0.1) is 17.2 Å². The molecule has 3 nitrogen and oxygen atoms in total. The molecule has 9 rings (SSSR count). The second-order valence-electron chi connectivity index (χ2n) is 13.6. The van der Waals surface area contributed by atoms with Gasteiger partial charge in [0.2, 0.25) is 0 Å². The van der Waals surface area contributed by atoms with E-state index in [0.717, 1.165) is 52.2 Å². The Hall–Kier alpha value is -6.63. The normalized spacial score (nSPS) is 15.3. The molecule has 6 aromatic carbocycles. The number of benzene rings is 6. The number of anilines is 2. The molecule has 0 fully saturated rings. The van der Waals surface area contributed by atoms with Gasteiger partial charge in [-0.3, -0.25) is 0 Å². The molecule has 0 saturated carbocycles. The zero-order chi connectivity index (χ0) is 34.9. The number of aromatic nitrogens is 1. The maximum absolute atomic E-state index is 9.57. The zero-order valence-corrected chi connectivity index (χ0v) is 28.8. The van der Waals surface area contributed by atoms with E-state index in [2.05, 4.69) is 186 Å². The first-order valence-corrected chi connectivity index (χ1v) is 18.1. The van der Waals surface area contributed by atoms with Crippen molar-refractivity contribution in [2.45, 2.75) is 19.3 Å². The quantitative estimate of drug-likeness (QED) is 0.184. The standard InChI is InChI=1S/C49H37N3/c50-33-34-21-23-37(24-22-34)45-31-40(25-27-47(45)51-42-17-9-15-38(29-42)35-11-3-1-4-12-35)41-26-28-49-46(32-41)44-19-7-8-20-48(44)52(49)43-18-10-16-39(30-43)36-13-5-2-6-14-36/h2-3,5-21,23-32,34,51H,1,4,22H2. The summed E-state index contributed by atoms with van der Waals surface area (Å²) in [5.74, 6) is -0.0926. The molecular weight excluding hydrogens is 631 g/mol. The maximum atomic E-state index is 9.57. The number of hydrogen-bond donors (Lipinski definition) is 1. The van der Waals surface area contributed by atoms with Crippen molar-refractivity contribution in [1.82, 2.24) is 4.57 Å². The van der Waals surface area contributed by atoms with E-state index in [-0.39, 0.29) is 5.92 Å². The van der Waals surface area contributed by atoms with E-state index in [1.165, 1.54) is 44.1 Å². The van der Waals surface area contributed by atoms with E-state index in [1.807, 2.05) is 6.08 Å². The zero-order valence-electron chi connectivity index (χ0n) is 28.8. The summed E-state index contributed by atoms with van der Waals surface area (Å²) in [6.07, 6.45) is 16.0. The van der Waals surface area contributed by atoms with Crippen molar-refractivity contribution < 1.29 is 0 Å². The minimum atomic E-state index is -0.0926. The van der Waals surface area contributed by atoms with E-state index in [1.54, 1.807) is 0 Å². The molecule has 1 atom stereocenters. The van der Waals surface area contributed by atoms with Gasteiger partial charge in [-0.15, -0.1) is 0 Å². The third-order valence-electron chi connectivity index (χ3n) is 10.3. The molecule has 248 valence electrons. The van der Waals surface area contributed by atoms with Crippen molar-refractivity contribution in [3.63, 3.8) is 0 Å². The lowest BCUT2D eigenvalue weighted by Crippen LogP contribution is -2.00. The first-order chi connectivity index (χ1) is 25.7. The lowest BCUT2D eigenvalue weighted by Gasteiger charge is -2.18. The highest BCUT2D eigenvalue weighted by atomic mass is 15.0. The number of nitrogens with zero attached hydrogens (tertiary/aromatic N) is 2. The largest absolute Gasteiger partial charge is 0.355 e. The highest BCUT2D eigenvalue weighted by molar-refractivity contribution is 6.10. The topological polar surface area (TPSA) is 40.8 Å². The molecule has 1 aromatic heterocycles. The molecule has 2 aliphatic carbocycles. The molecule has 2 aliphatic rings. The van der Waals surface area contributed by atoms with Crippen LogP contribution in [-0.4, -0.2) is 4.57 Å². The fraction of sp³-hybridized carbons (Fsp3) is 0.0816. The minimum absolute atomic E-state index is 0.0926. The van der Waals surface area contributed by atoms with Crippen LogP contribution < -0.4 is 5.32 Å². The van der Waals surface area contributed by atoms with Crippen LogP contribution in [0.4, 0.5) is 11.4 Å². The van der Waals surface area contributed by atoms with Gasteiger partial charge in [-0.1, -0.05) is 121 Å². The summed E-state index contributed by atoms with van der Waals surface area (Å²) in [4.78, 5) is 0. The SMILES string of the molecule is N#CC1C=CC(c2cc(-c3ccc4c(c3)c3ccccc3n4-c3cccc(-c4ccccc4)c3)ccc2Nc2cccc(C3=CCCC=C3)c2)=CC1. The summed E-state index contributed by atoms with van der Waals surface area (Å²) in [6.45, 7) is 0. The monoisotopic (exact) mass is 667 g/mol. The Morgan fingerprint density at radius 2 is 1.35 bits per heavy atom. The van der Waals surface area contributed by atoms with Gasteiger partial charge in [0.05, 0.1) is 23.0 Å². The molecule has 0 spiro atoms. The summed E-state index contributed by atoms with van der Waals surface area (Å²) in [6, 6.07) is 52.7. The maximum Gasteiger partial charge on any atom is 0.0700 e. The second-order valence-corrected chi connectivity index (χ2v) is 13.6. The number of para-hydroxylation sites is 1. The number of hydrogen-bond acceptors (Lipinski definition) is 2. The Kier molecular flexibility index (Phi) is 8.19. The predicted octanol–water partition coefficient (Wildman–Crippen LogP) is 13.1. The van der Waals surface area contributed by atoms with E-state index in [0.29, 0.717) is 6.42 Å². The van der Waals surface area contributed by atoms with Crippen LogP contribution in [0.3, 0.4) is 0 Å². The molecule has 0 bridgehead atoms. The van der Waals surface area contributed by atoms with Crippen LogP contribution in [0.1, 0.15) is 30.4 Å². The van der Waals surface area contributed by atoms with Crippen molar-refractivity contribution in [2.24, 2.45) is 5.92 Å². The minimum Gasteiger partial charge on any atom is -0.355 e. The summed E-state index contributed by atoms with van der Waals surface area (Å²) < 4.78 is 2.38. The molecule has 1 N–H and O–H groups in total. The molecule has 0 radical (unpaired) electrons. The Morgan fingerprint density at radius 1 is 0.577 bits per heavy atom. The van der Waals surface area contributed by atoms with Gasteiger partial charge in [0.15, 0.2) is 0 Å². The molecule has 1 heterocycles. The highest BCUT2D eigenvalue weighted by Gasteiger charge is 2.17. The number of allylic oxidation sites excluding steroid dienone is 8. The van der Waals surface area contributed by atoms with Crippen molar-refractivity contribution in [3.8, 4) is 34.0 Å². The van der Waals surface area contributed by atoms with Gasteiger partial charge in [0.1, 0.15) is 0 Å². The predicted molar refractivity (Wildman–Crippen MR) is 219 cm³/mol.